The minimum Gasteiger partial charge on any atom is -0.497 e. The summed E-state index contributed by atoms with van der Waals surface area (Å²) in [6.07, 6.45) is 9.29. The Labute approximate surface area is 127 Å². The SMILES string of the molecule is CCCC(C)(C)NOC1C(=O)CCC2C=CC(OC)=CC21. The van der Waals surface area contributed by atoms with Crippen molar-refractivity contribution in [2.24, 2.45) is 11.8 Å². The maximum absolute atomic E-state index is 12.3. The Bertz CT molecular complexity index is 439. The largest absolute Gasteiger partial charge is 0.497 e. The summed E-state index contributed by atoms with van der Waals surface area (Å²) in [6.45, 7) is 6.34. The van der Waals surface area contributed by atoms with Gasteiger partial charge in [0.1, 0.15) is 11.9 Å². The predicted octanol–water partition coefficient (Wildman–Crippen LogP) is 3.15. The molecule has 1 saturated carbocycles. The third-order valence-electron chi connectivity index (χ3n) is 4.32. The van der Waals surface area contributed by atoms with Gasteiger partial charge in [0, 0.05) is 17.9 Å². The molecule has 0 aromatic carbocycles. The van der Waals surface area contributed by atoms with E-state index in [1.807, 2.05) is 12.2 Å². The topological polar surface area (TPSA) is 47.6 Å². The number of Topliss-reactive ketones (excluding diaryl/α,β-unsaturated/α-hetero) is 1. The van der Waals surface area contributed by atoms with Crippen LogP contribution in [-0.4, -0.2) is 24.5 Å². The number of ether oxygens (including phenoxy) is 1. The first-order valence-electron chi connectivity index (χ1n) is 7.86. The van der Waals surface area contributed by atoms with E-state index in [-0.39, 0.29) is 17.2 Å². The first-order valence-corrected chi connectivity index (χ1v) is 7.86. The second-order valence-electron chi connectivity index (χ2n) is 6.65. The van der Waals surface area contributed by atoms with Crippen LogP contribution >= 0.6 is 0 Å². The highest BCUT2D eigenvalue weighted by molar-refractivity contribution is 5.84. The summed E-state index contributed by atoms with van der Waals surface area (Å²) >= 11 is 0. The number of nitrogens with one attached hydrogen (secondary N) is 1. The molecule has 0 aliphatic heterocycles. The summed E-state index contributed by atoms with van der Waals surface area (Å²) in [5.74, 6) is 1.42. The summed E-state index contributed by atoms with van der Waals surface area (Å²) < 4.78 is 5.29. The quantitative estimate of drug-likeness (QED) is 0.764. The van der Waals surface area contributed by atoms with Crippen molar-refractivity contribution < 1.29 is 14.4 Å². The van der Waals surface area contributed by atoms with Crippen molar-refractivity contribution in [1.29, 1.82) is 0 Å². The lowest BCUT2D eigenvalue weighted by Crippen LogP contribution is -2.48. The lowest BCUT2D eigenvalue weighted by Gasteiger charge is -2.37. The molecule has 0 bridgehead atoms. The van der Waals surface area contributed by atoms with Gasteiger partial charge < -0.3 is 4.74 Å². The molecular weight excluding hydrogens is 266 g/mol. The van der Waals surface area contributed by atoms with E-state index in [2.05, 4.69) is 32.3 Å². The molecule has 2 rings (SSSR count). The van der Waals surface area contributed by atoms with Crippen LogP contribution < -0.4 is 5.48 Å². The number of hydrogen-bond acceptors (Lipinski definition) is 4. The zero-order valence-corrected chi connectivity index (χ0v) is 13.5. The van der Waals surface area contributed by atoms with Gasteiger partial charge >= 0.3 is 0 Å². The third kappa shape index (κ3) is 3.95. The number of carbonyl (C=O) groups excluding carboxylic acids is 1. The maximum Gasteiger partial charge on any atom is 0.164 e. The number of rotatable bonds is 6. The number of carbonyl (C=O) groups is 1. The van der Waals surface area contributed by atoms with Gasteiger partial charge in [-0.2, -0.15) is 5.48 Å². The van der Waals surface area contributed by atoms with Crippen LogP contribution in [0.3, 0.4) is 0 Å². The van der Waals surface area contributed by atoms with Gasteiger partial charge in [0.05, 0.1) is 7.11 Å². The molecule has 21 heavy (non-hydrogen) atoms. The van der Waals surface area contributed by atoms with Crippen molar-refractivity contribution in [2.45, 2.75) is 58.1 Å². The lowest BCUT2D eigenvalue weighted by molar-refractivity contribution is -0.151. The van der Waals surface area contributed by atoms with Crippen molar-refractivity contribution in [3.63, 3.8) is 0 Å². The highest BCUT2D eigenvalue weighted by Crippen LogP contribution is 2.36. The number of ketones is 1. The summed E-state index contributed by atoms with van der Waals surface area (Å²) in [5, 5.41) is 0. The Morgan fingerprint density at radius 3 is 2.86 bits per heavy atom. The minimum absolute atomic E-state index is 0.0659. The summed E-state index contributed by atoms with van der Waals surface area (Å²) in [7, 11) is 1.65. The van der Waals surface area contributed by atoms with Gasteiger partial charge in [0.2, 0.25) is 0 Å². The Kier molecular flexibility index (Phi) is 5.22. The van der Waals surface area contributed by atoms with Crippen LogP contribution in [-0.2, 0) is 14.4 Å². The zero-order valence-electron chi connectivity index (χ0n) is 13.5. The van der Waals surface area contributed by atoms with E-state index in [4.69, 9.17) is 9.57 Å². The molecule has 0 radical (unpaired) electrons. The molecule has 4 heteroatoms. The molecule has 3 atom stereocenters. The molecular formula is C17H27NO3. The molecule has 3 unspecified atom stereocenters. The van der Waals surface area contributed by atoms with Crippen molar-refractivity contribution in [2.75, 3.05) is 7.11 Å². The Balaban J connectivity index is 2.06. The molecule has 4 nitrogen and oxygen atoms in total. The van der Waals surface area contributed by atoms with Crippen LogP contribution in [0.2, 0.25) is 0 Å². The average molecular weight is 293 g/mol. The molecule has 0 amide bonds. The van der Waals surface area contributed by atoms with Crippen LogP contribution in [0.15, 0.2) is 24.0 Å². The summed E-state index contributed by atoms with van der Waals surface area (Å²) in [6, 6.07) is 0. The van der Waals surface area contributed by atoms with Crippen LogP contribution in [0.25, 0.3) is 0 Å². The molecule has 0 spiro atoms. The van der Waals surface area contributed by atoms with Gasteiger partial charge in [-0.25, -0.2) is 0 Å². The Morgan fingerprint density at radius 1 is 1.43 bits per heavy atom. The van der Waals surface area contributed by atoms with E-state index in [1.54, 1.807) is 7.11 Å². The van der Waals surface area contributed by atoms with E-state index in [0.717, 1.165) is 25.0 Å². The van der Waals surface area contributed by atoms with E-state index >= 15 is 0 Å². The van der Waals surface area contributed by atoms with Gasteiger partial charge in [0.25, 0.3) is 0 Å². The standard InChI is InChI=1S/C17H27NO3/c1-5-10-17(2,3)18-21-16-14-11-13(20-4)8-6-12(14)7-9-15(16)19/h6,8,11-12,14,16,18H,5,7,9-10H2,1-4H3. The number of methoxy groups -OCH3 is 1. The number of hydroxylamine groups is 1. The second-order valence-corrected chi connectivity index (χ2v) is 6.65. The normalized spacial score (nSPS) is 29.0. The molecule has 0 aromatic heterocycles. The first kappa shape index (κ1) is 16.2. The van der Waals surface area contributed by atoms with E-state index in [9.17, 15) is 4.79 Å². The van der Waals surface area contributed by atoms with Crippen molar-refractivity contribution in [1.82, 2.24) is 5.48 Å². The zero-order chi connectivity index (χ0) is 15.5. The number of fused-ring (bicyclic) bond motifs is 1. The Morgan fingerprint density at radius 2 is 2.19 bits per heavy atom. The van der Waals surface area contributed by atoms with Crippen molar-refractivity contribution >= 4 is 5.78 Å². The average Bonchev–Trinajstić information content (AvgIpc) is 2.45. The fourth-order valence-corrected chi connectivity index (χ4v) is 3.16. The van der Waals surface area contributed by atoms with Crippen molar-refractivity contribution in [3.8, 4) is 0 Å². The molecule has 1 fully saturated rings. The fourth-order valence-electron chi connectivity index (χ4n) is 3.16. The highest BCUT2D eigenvalue weighted by Gasteiger charge is 2.39. The van der Waals surface area contributed by atoms with Crippen LogP contribution in [0.1, 0.15) is 46.5 Å². The van der Waals surface area contributed by atoms with Gasteiger partial charge in [-0.3, -0.25) is 9.63 Å². The van der Waals surface area contributed by atoms with Crippen LogP contribution in [0.5, 0.6) is 0 Å². The molecule has 118 valence electrons. The number of hydrogen-bond donors (Lipinski definition) is 1. The summed E-state index contributed by atoms with van der Waals surface area (Å²) in [5.41, 5.74) is 2.99. The molecule has 2 aliphatic rings. The van der Waals surface area contributed by atoms with E-state index in [1.165, 1.54) is 0 Å². The van der Waals surface area contributed by atoms with E-state index < -0.39 is 6.10 Å². The lowest BCUT2D eigenvalue weighted by atomic mass is 9.74. The van der Waals surface area contributed by atoms with Crippen LogP contribution in [0, 0.1) is 11.8 Å². The van der Waals surface area contributed by atoms with Gasteiger partial charge in [-0.15, -0.1) is 0 Å². The van der Waals surface area contributed by atoms with Gasteiger partial charge in [-0.1, -0.05) is 19.4 Å². The van der Waals surface area contributed by atoms with Crippen LogP contribution in [0.4, 0.5) is 0 Å². The number of allylic oxidation sites excluding steroid dienone is 2. The molecule has 0 aromatic rings. The van der Waals surface area contributed by atoms with Crippen molar-refractivity contribution in [3.05, 3.63) is 24.0 Å². The Hall–Kier alpha value is -1.13. The highest BCUT2D eigenvalue weighted by atomic mass is 16.7. The fraction of sp³-hybridized carbons (Fsp3) is 0.706. The van der Waals surface area contributed by atoms with Gasteiger partial charge in [0.15, 0.2) is 5.78 Å². The molecule has 2 aliphatic carbocycles. The third-order valence-corrected chi connectivity index (χ3v) is 4.32. The molecule has 0 heterocycles. The second kappa shape index (κ2) is 6.75. The first-order chi connectivity index (χ1) is 9.96. The van der Waals surface area contributed by atoms with Gasteiger partial charge in [-0.05, 0) is 44.8 Å². The summed E-state index contributed by atoms with van der Waals surface area (Å²) in [4.78, 5) is 18.1. The minimum atomic E-state index is -0.421. The molecule has 1 N–H and O–H groups in total. The van der Waals surface area contributed by atoms with E-state index in [0.29, 0.717) is 12.3 Å². The predicted molar refractivity (Wildman–Crippen MR) is 82.4 cm³/mol. The maximum atomic E-state index is 12.3. The monoisotopic (exact) mass is 293 g/mol. The molecule has 0 saturated heterocycles. The smallest absolute Gasteiger partial charge is 0.164 e.